The molecule has 8 heteroatoms. The van der Waals surface area contributed by atoms with Gasteiger partial charge in [0.15, 0.2) is 0 Å². The highest BCUT2D eigenvalue weighted by Gasteiger charge is 2.34. The maximum atomic E-state index is 13.3. The molecule has 4 aromatic rings. The lowest BCUT2D eigenvalue weighted by atomic mass is 9.90. The van der Waals surface area contributed by atoms with Gasteiger partial charge in [-0.05, 0) is 43.9 Å². The van der Waals surface area contributed by atoms with E-state index in [4.69, 9.17) is 4.42 Å². The fraction of sp³-hybridized carbons (Fsp3) is 0.280. The third kappa shape index (κ3) is 4.37. The number of fused-ring (bicyclic) bond motifs is 2. The molecule has 1 aliphatic rings. The lowest BCUT2D eigenvalue weighted by molar-refractivity contribution is -0.140. The number of furan rings is 1. The van der Waals surface area contributed by atoms with Crippen LogP contribution in [0.3, 0.4) is 0 Å². The van der Waals surface area contributed by atoms with Gasteiger partial charge in [-0.1, -0.05) is 36.4 Å². The van der Waals surface area contributed by atoms with Crippen LogP contribution in [-0.2, 0) is 6.18 Å². The molecule has 0 spiro atoms. The highest BCUT2D eigenvalue weighted by atomic mass is 19.4. The van der Waals surface area contributed by atoms with Crippen molar-refractivity contribution < 1.29 is 22.4 Å². The molecule has 5 rings (SSSR count). The molecule has 1 aliphatic carbocycles. The van der Waals surface area contributed by atoms with E-state index >= 15 is 0 Å². The molecule has 0 radical (unpaired) electrons. The number of anilines is 1. The zero-order valence-corrected chi connectivity index (χ0v) is 17.7. The van der Waals surface area contributed by atoms with Crippen molar-refractivity contribution in [1.82, 2.24) is 10.3 Å². The van der Waals surface area contributed by atoms with E-state index in [1.165, 1.54) is 6.26 Å². The molecule has 5 nitrogen and oxygen atoms in total. The molecule has 0 aliphatic heterocycles. The first-order valence-electron chi connectivity index (χ1n) is 10.9. The van der Waals surface area contributed by atoms with Gasteiger partial charge in [0.1, 0.15) is 17.5 Å². The second-order valence-electron chi connectivity index (χ2n) is 8.38. The van der Waals surface area contributed by atoms with Gasteiger partial charge in [0.25, 0.3) is 5.91 Å². The molecule has 2 aromatic heterocycles. The summed E-state index contributed by atoms with van der Waals surface area (Å²) in [6, 6.07) is 15.3. The monoisotopic (exact) mass is 453 g/mol. The minimum absolute atomic E-state index is 0.00383. The molecule has 1 fully saturated rings. The zero-order valence-electron chi connectivity index (χ0n) is 17.7. The van der Waals surface area contributed by atoms with Crippen LogP contribution in [0, 0.1) is 0 Å². The fourth-order valence-electron chi connectivity index (χ4n) is 4.46. The summed E-state index contributed by atoms with van der Waals surface area (Å²) in [4.78, 5) is 16.5. The largest absolute Gasteiger partial charge is 0.463 e. The molecule has 0 atom stereocenters. The highest BCUT2D eigenvalue weighted by molar-refractivity contribution is 6.06. The molecule has 1 saturated carbocycles. The summed E-state index contributed by atoms with van der Waals surface area (Å²) in [5, 5.41) is 7.80. The van der Waals surface area contributed by atoms with E-state index in [0.29, 0.717) is 27.7 Å². The first-order chi connectivity index (χ1) is 15.9. The predicted molar refractivity (Wildman–Crippen MR) is 120 cm³/mol. The molecule has 0 saturated heterocycles. The minimum Gasteiger partial charge on any atom is -0.463 e. The molecular formula is C25H22F3N3O2. The third-order valence-corrected chi connectivity index (χ3v) is 6.15. The van der Waals surface area contributed by atoms with E-state index in [1.807, 2.05) is 24.3 Å². The average Bonchev–Trinajstić information content (AvgIpc) is 3.24. The van der Waals surface area contributed by atoms with Gasteiger partial charge in [0.2, 0.25) is 0 Å². The number of nitrogens with one attached hydrogen (secondary N) is 2. The average molecular weight is 453 g/mol. The van der Waals surface area contributed by atoms with Crippen molar-refractivity contribution in [3.8, 4) is 0 Å². The van der Waals surface area contributed by atoms with Gasteiger partial charge >= 0.3 is 6.18 Å². The number of hydrogen-bond acceptors (Lipinski definition) is 4. The van der Waals surface area contributed by atoms with Crippen molar-refractivity contribution >= 4 is 33.5 Å². The van der Waals surface area contributed by atoms with E-state index in [-0.39, 0.29) is 18.0 Å². The topological polar surface area (TPSA) is 67.2 Å². The van der Waals surface area contributed by atoms with Crippen molar-refractivity contribution in [2.75, 3.05) is 5.32 Å². The summed E-state index contributed by atoms with van der Waals surface area (Å²) < 4.78 is 45.4. The van der Waals surface area contributed by atoms with Gasteiger partial charge in [-0.3, -0.25) is 4.79 Å². The Balaban J connectivity index is 1.26. The number of rotatable bonds is 4. The lowest BCUT2D eigenvalue weighted by Crippen LogP contribution is -2.40. The maximum Gasteiger partial charge on any atom is 0.433 e. The number of benzene rings is 2. The maximum absolute atomic E-state index is 13.3. The summed E-state index contributed by atoms with van der Waals surface area (Å²) in [7, 11) is 0. The Morgan fingerprint density at radius 3 is 2.36 bits per heavy atom. The Morgan fingerprint density at radius 1 is 0.939 bits per heavy atom. The van der Waals surface area contributed by atoms with Crippen LogP contribution >= 0.6 is 0 Å². The number of amides is 1. The number of carbonyl (C=O) groups excluding carboxylic acids is 1. The number of para-hydroxylation sites is 2. The lowest BCUT2D eigenvalue weighted by Gasteiger charge is -2.30. The van der Waals surface area contributed by atoms with Crippen LogP contribution in [0.4, 0.5) is 18.9 Å². The van der Waals surface area contributed by atoms with Crippen LogP contribution < -0.4 is 10.6 Å². The van der Waals surface area contributed by atoms with Gasteiger partial charge in [-0.25, -0.2) is 4.98 Å². The number of carbonyl (C=O) groups is 1. The van der Waals surface area contributed by atoms with E-state index in [2.05, 4.69) is 15.6 Å². The molecule has 0 bridgehead atoms. The Kier molecular flexibility index (Phi) is 5.44. The van der Waals surface area contributed by atoms with Crippen molar-refractivity contribution in [2.45, 2.75) is 43.9 Å². The minimum atomic E-state index is -4.51. The SMILES string of the molecule is O=C(N[C@H]1CC[C@@H](Nc2cc(C(F)(F)F)nc3ccccc23)CC1)c1coc2ccccc12. The van der Waals surface area contributed by atoms with E-state index in [0.717, 1.165) is 37.1 Å². The molecule has 2 heterocycles. The summed E-state index contributed by atoms with van der Waals surface area (Å²) in [5.74, 6) is -0.175. The Morgan fingerprint density at radius 2 is 1.61 bits per heavy atom. The third-order valence-electron chi connectivity index (χ3n) is 6.15. The summed E-state index contributed by atoms with van der Waals surface area (Å²) in [6.07, 6.45) is -0.119. The number of nitrogens with zero attached hydrogens (tertiary/aromatic N) is 1. The van der Waals surface area contributed by atoms with Crippen LogP contribution in [0.2, 0.25) is 0 Å². The molecular weight excluding hydrogens is 431 g/mol. The quantitative estimate of drug-likeness (QED) is 0.389. The zero-order chi connectivity index (χ0) is 23.0. The Bertz CT molecular complexity index is 1310. The van der Waals surface area contributed by atoms with E-state index < -0.39 is 11.9 Å². The van der Waals surface area contributed by atoms with Crippen molar-refractivity contribution in [3.05, 3.63) is 72.1 Å². The van der Waals surface area contributed by atoms with Crippen LogP contribution in [0.5, 0.6) is 0 Å². The number of hydrogen-bond donors (Lipinski definition) is 2. The van der Waals surface area contributed by atoms with E-state index in [1.54, 1.807) is 24.3 Å². The van der Waals surface area contributed by atoms with Gasteiger partial charge in [-0.15, -0.1) is 0 Å². The van der Waals surface area contributed by atoms with Crippen LogP contribution in [0.25, 0.3) is 21.9 Å². The van der Waals surface area contributed by atoms with Crippen molar-refractivity contribution in [2.24, 2.45) is 0 Å². The summed E-state index contributed by atoms with van der Waals surface area (Å²) in [5.41, 5.74) is 1.01. The van der Waals surface area contributed by atoms with Crippen molar-refractivity contribution in [1.29, 1.82) is 0 Å². The standard InChI is InChI=1S/C25H22F3N3O2/c26-25(27,28)23-13-21(18-6-1-3-7-20(18)31-23)29-15-9-11-16(12-10-15)30-24(32)19-14-33-22-8-4-2-5-17(19)22/h1-8,13-16H,9-12H2,(H,29,31)(H,30,32)/t15-,16+. The number of aromatic nitrogens is 1. The molecule has 2 N–H and O–H groups in total. The first-order valence-corrected chi connectivity index (χ1v) is 10.9. The number of halogens is 3. The highest BCUT2D eigenvalue weighted by Crippen LogP contribution is 2.34. The molecule has 170 valence electrons. The Hall–Kier alpha value is -3.55. The van der Waals surface area contributed by atoms with E-state index in [9.17, 15) is 18.0 Å². The first kappa shape index (κ1) is 21.3. The summed E-state index contributed by atoms with van der Waals surface area (Å²) >= 11 is 0. The smallest absolute Gasteiger partial charge is 0.433 e. The Labute approximate surface area is 188 Å². The normalized spacial score (nSPS) is 19.0. The molecule has 1 amide bonds. The van der Waals surface area contributed by atoms with Crippen molar-refractivity contribution in [3.63, 3.8) is 0 Å². The number of alkyl halides is 3. The molecule has 33 heavy (non-hydrogen) atoms. The van der Waals surface area contributed by atoms with Crippen LogP contribution in [-0.4, -0.2) is 23.0 Å². The fourth-order valence-corrected chi connectivity index (χ4v) is 4.46. The molecule has 0 unspecified atom stereocenters. The predicted octanol–water partition coefficient (Wildman–Crippen LogP) is 6.15. The van der Waals surface area contributed by atoms with Gasteiger partial charge < -0.3 is 15.1 Å². The second kappa shape index (κ2) is 8.42. The van der Waals surface area contributed by atoms with Crippen LogP contribution in [0.15, 0.2) is 65.3 Å². The van der Waals surface area contributed by atoms with Gasteiger partial charge in [0.05, 0.1) is 11.1 Å². The van der Waals surface area contributed by atoms with Gasteiger partial charge in [0, 0.05) is 28.5 Å². The second-order valence-corrected chi connectivity index (χ2v) is 8.38. The molecule has 2 aromatic carbocycles. The van der Waals surface area contributed by atoms with Crippen LogP contribution in [0.1, 0.15) is 41.7 Å². The number of pyridine rings is 1. The summed E-state index contributed by atoms with van der Waals surface area (Å²) in [6.45, 7) is 0. The van der Waals surface area contributed by atoms with Gasteiger partial charge in [-0.2, -0.15) is 13.2 Å².